The van der Waals surface area contributed by atoms with Gasteiger partial charge in [-0.2, -0.15) is 0 Å². The van der Waals surface area contributed by atoms with Gasteiger partial charge in [0, 0.05) is 30.1 Å². The van der Waals surface area contributed by atoms with E-state index in [1.165, 1.54) is 6.07 Å². The van der Waals surface area contributed by atoms with Crippen LogP contribution in [0.3, 0.4) is 0 Å². The number of ether oxygens (including phenoxy) is 1. The second-order valence-corrected chi connectivity index (χ2v) is 9.07. The van der Waals surface area contributed by atoms with E-state index in [0.717, 1.165) is 17.4 Å². The molecule has 1 amide bonds. The van der Waals surface area contributed by atoms with E-state index in [1.54, 1.807) is 23.1 Å². The van der Waals surface area contributed by atoms with Gasteiger partial charge in [-0.15, -0.1) is 0 Å². The molecule has 0 saturated carbocycles. The van der Waals surface area contributed by atoms with Crippen LogP contribution in [0.5, 0.6) is 5.75 Å². The van der Waals surface area contributed by atoms with Crippen molar-refractivity contribution < 1.29 is 22.4 Å². The third-order valence-corrected chi connectivity index (χ3v) is 6.47. The Morgan fingerprint density at radius 3 is 2.78 bits per heavy atom. The highest BCUT2D eigenvalue weighted by Crippen LogP contribution is 2.23. The number of aryl methyl sites for hydroxylation is 1. The van der Waals surface area contributed by atoms with Crippen molar-refractivity contribution in [1.82, 2.24) is 4.90 Å². The highest BCUT2D eigenvalue weighted by Gasteiger charge is 2.34. The zero-order valence-corrected chi connectivity index (χ0v) is 16.3. The van der Waals surface area contributed by atoms with Gasteiger partial charge in [0.2, 0.25) is 0 Å². The van der Waals surface area contributed by atoms with Crippen LogP contribution in [0.4, 0.5) is 0 Å². The van der Waals surface area contributed by atoms with Crippen molar-refractivity contribution in [3.05, 3.63) is 40.2 Å². The maximum absolute atomic E-state index is 12.6. The molecule has 1 atom stereocenters. The lowest BCUT2D eigenvalue weighted by Gasteiger charge is -2.27. The summed E-state index contributed by atoms with van der Waals surface area (Å²) in [5, 5.41) is 0.803. The summed E-state index contributed by atoms with van der Waals surface area (Å²) in [7, 11) is -3.07. The Hall–Kier alpha value is -2.35. The number of fused-ring (bicyclic) bond motifs is 1. The molecule has 146 valence electrons. The van der Waals surface area contributed by atoms with E-state index in [-0.39, 0.29) is 30.1 Å². The fourth-order valence-electron chi connectivity index (χ4n) is 3.40. The minimum absolute atomic E-state index is 0.0130. The van der Waals surface area contributed by atoms with Gasteiger partial charge in [-0.05, 0) is 37.5 Å². The van der Waals surface area contributed by atoms with Crippen LogP contribution in [-0.4, -0.2) is 49.9 Å². The third-order valence-electron chi connectivity index (χ3n) is 4.72. The van der Waals surface area contributed by atoms with Crippen molar-refractivity contribution in [2.45, 2.75) is 32.7 Å². The molecule has 2 heterocycles. The first-order valence-electron chi connectivity index (χ1n) is 8.96. The molecule has 0 radical (unpaired) electrons. The molecule has 3 rings (SSSR count). The Labute approximate surface area is 157 Å². The van der Waals surface area contributed by atoms with Gasteiger partial charge >= 0.3 is 5.63 Å². The van der Waals surface area contributed by atoms with Gasteiger partial charge in [0.05, 0.1) is 11.5 Å². The molecule has 0 aliphatic carbocycles. The summed E-state index contributed by atoms with van der Waals surface area (Å²) in [4.78, 5) is 25.7. The Morgan fingerprint density at radius 2 is 2.11 bits per heavy atom. The van der Waals surface area contributed by atoms with E-state index in [9.17, 15) is 18.0 Å². The Balaban J connectivity index is 1.71. The summed E-state index contributed by atoms with van der Waals surface area (Å²) < 4.78 is 34.2. The van der Waals surface area contributed by atoms with E-state index in [0.29, 0.717) is 24.3 Å². The molecule has 1 aromatic carbocycles. The minimum Gasteiger partial charge on any atom is -0.484 e. The molecule has 1 aliphatic rings. The first-order valence-corrected chi connectivity index (χ1v) is 10.8. The number of amides is 1. The van der Waals surface area contributed by atoms with Gasteiger partial charge in [0.1, 0.15) is 11.3 Å². The van der Waals surface area contributed by atoms with Crippen molar-refractivity contribution in [1.29, 1.82) is 0 Å². The summed E-state index contributed by atoms with van der Waals surface area (Å²) in [5.74, 6) is 0.304. The fraction of sp³-hybridized carbons (Fsp3) is 0.474. The third kappa shape index (κ3) is 4.50. The van der Waals surface area contributed by atoms with E-state index in [4.69, 9.17) is 9.15 Å². The standard InChI is InChI=1S/C19H23NO6S/c1-3-7-20(14-6-8-27(23,24)12-14)18(21)11-25-15-4-5-16-13(2)9-19(22)26-17(16)10-15/h4-5,9-10,14H,3,6-8,11-12H2,1-2H3/t14-/m0/s1. The van der Waals surface area contributed by atoms with E-state index in [2.05, 4.69) is 0 Å². The number of hydrogen-bond donors (Lipinski definition) is 0. The average Bonchev–Trinajstić information content (AvgIpc) is 2.96. The quantitative estimate of drug-likeness (QED) is 0.696. The monoisotopic (exact) mass is 393 g/mol. The number of sulfone groups is 1. The summed E-state index contributed by atoms with van der Waals surface area (Å²) in [5.41, 5.74) is 0.766. The van der Waals surface area contributed by atoms with Crippen LogP contribution in [0.2, 0.25) is 0 Å². The largest absolute Gasteiger partial charge is 0.484 e. The van der Waals surface area contributed by atoms with E-state index < -0.39 is 15.5 Å². The molecule has 2 aromatic rings. The summed E-state index contributed by atoms with van der Waals surface area (Å²) in [6, 6.07) is 6.21. The van der Waals surface area contributed by atoms with Gasteiger partial charge in [-0.1, -0.05) is 6.92 Å². The van der Waals surface area contributed by atoms with Gasteiger partial charge in [-0.3, -0.25) is 4.79 Å². The maximum Gasteiger partial charge on any atom is 0.336 e. The predicted molar refractivity (Wildman–Crippen MR) is 102 cm³/mol. The molecule has 1 fully saturated rings. The van der Waals surface area contributed by atoms with Crippen LogP contribution in [0.25, 0.3) is 11.0 Å². The smallest absolute Gasteiger partial charge is 0.336 e. The van der Waals surface area contributed by atoms with Crippen molar-refractivity contribution in [2.24, 2.45) is 0 Å². The Morgan fingerprint density at radius 1 is 1.33 bits per heavy atom. The van der Waals surface area contributed by atoms with Gasteiger partial charge < -0.3 is 14.1 Å². The molecule has 0 bridgehead atoms. The molecular formula is C19H23NO6S. The van der Waals surface area contributed by atoms with Crippen molar-refractivity contribution in [3.8, 4) is 5.75 Å². The molecule has 0 N–H and O–H groups in total. The lowest BCUT2D eigenvalue weighted by Crippen LogP contribution is -2.44. The second-order valence-electron chi connectivity index (χ2n) is 6.84. The van der Waals surface area contributed by atoms with Crippen LogP contribution in [-0.2, 0) is 14.6 Å². The molecule has 27 heavy (non-hydrogen) atoms. The molecular weight excluding hydrogens is 370 g/mol. The topological polar surface area (TPSA) is 93.9 Å². The molecule has 7 nitrogen and oxygen atoms in total. The van der Waals surface area contributed by atoms with E-state index >= 15 is 0 Å². The highest BCUT2D eigenvalue weighted by molar-refractivity contribution is 7.91. The number of benzene rings is 1. The molecule has 0 unspecified atom stereocenters. The predicted octanol–water partition coefficient (Wildman–Crippen LogP) is 1.91. The fourth-order valence-corrected chi connectivity index (χ4v) is 5.13. The maximum atomic E-state index is 12.6. The molecule has 8 heteroatoms. The van der Waals surface area contributed by atoms with Gasteiger partial charge in [0.15, 0.2) is 16.4 Å². The van der Waals surface area contributed by atoms with Crippen LogP contribution in [0.15, 0.2) is 33.5 Å². The van der Waals surface area contributed by atoms with Crippen LogP contribution in [0, 0.1) is 6.92 Å². The van der Waals surface area contributed by atoms with E-state index in [1.807, 2.05) is 13.8 Å². The van der Waals surface area contributed by atoms with Gasteiger partial charge in [-0.25, -0.2) is 13.2 Å². The number of hydrogen-bond acceptors (Lipinski definition) is 6. The normalized spacial score (nSPS) is 18.5. The number of carbonyl (C=O) groups excluding carboxylic acids is 1. The molecule has 0 spiro atoms. The summed E-state index contributed by atoms with van der Waals surface area (Å²) >= 11 is 0. The number of nitrogens with zero attached hydrogens (tertiary/aromatic N) is 1. The first-order chi connectivity index (χ1) is 12.8. The minimum atomic E-state index is -3.07. The molecule has 1 saturated heterocycles. The van der Waals surface area contributed by atoms with Crippen molar-refractivity contribution in [3.63, 3.8) is 0 Å². The lowest BCUT2D eigenvalue weighted by molar-refractivity contribution is -0.135. The van der Waals surface area contributed by atoms with Crippen LogP contribution in [0.1, 0.15) is 25.3 Å². The second kappa shape index (κ2) is 7.72. The number of rotatable bonds is 6. The SMILES string of the molecule is CCCN(C(=O)COc1ccc2c(C)cc(=O)oc2c1)[C@H]1CCS(=O)(=O)C1. The molecule has 1 aromatic heterocycles. The zero-order valence-electron chi connectivity index (χ0n) is 15.4. The Kier molecular flexibility index (Phi) is 5.55. The first kappa shape index (κ1) is 19.4. The highest BCUT2D eigenvalue weighted by atomic mass is 32.2. The van der Waals surface area contributed by atoms with Crippen molar-refractivity contribution >= 4 is 26.7 Å². The Bertz CT molecular complexity index is 1010. The summed E-state index contributed by atoms with van der Waals surface area (Å²) in [6.07, 6.45) is 1.21. The number of carbonyl (C=O) groups is 1. The lowest BCUT2D eigenvalue weighted by atomic mass is 10.1. The van der Waals surface area contributed by atoms with Crippen LogP contribution >= 0.6 is 0 Å². The zero-order chi connectivity index (χ0) is 19.6. The average molecular weight is 393 g/mol. The van der Waals surface area contributed by atoms with Crippen molar-refractivity contribution in [2.75, 3.05) is 24.7 Å². The molecule has 1 aliphatic heterocycles. The van der Waals surface area contributed by atoms with Gasteiger partial charge in [0.25, 0.3) is 5.91 Å². The summed E-state index contributed by atoms with van der Waals surface area (Å²) in [6.45, 7) is 4.06. The van der Waals surface area contributed by atoms with Crippen LogP contribution < -0.4 is 10.4 Å².